The molecule has 1 fully saturated rings. The summed E-state index contributed by atoms with van der Waals surface area (Å²) in [7, 11) is 0. The van der Waals surface area contributed by atoms with E-state index in [9.17, 15) is 13.6 Å². The maximum Gasteiger partial charge on any atom is 0.263 e. The molecule has 1 aliphatic rings. The number of nitrogens with two attached hydrogens (primary N) is 1. The van der Waals surface area contributed by atoms with Crippen molar-refractivity contribution in [2.45, 2.75) is 32.4 Å². The van der Waals surface area contributed by atoms with Crippen LogP contribution in [0.15, 0.2) is 18.2 Å². The molecule has 0 spiro atoms. The third-order valence-electron chi connectivity index (χ3n) is 3.53. The number of amides is 1. The van der Waals surface area contributed by atoms with Gasteiger partial charge < -0.3 is 15.4 Å². The zero-order chi connectivity index (χ0) is 15.6. The Morgan fingerprint density at radius 2 is 2.14 bits per heavy atom. The number of hydrogen-bond donors (Lipinski definition) is 1. The van der Waals surface area contributed by atoms with Crippen molar-refractivity contribution < 1.29 is 18.3 Å². The minimum absolute atomic E-state index is 0.0238. The van der Waals surface area contributed by atoms with Crippen LogP contribution in [0.2, 0.25) is 0 Å². The molecule has 1 heterocycles. The second-order valence-corrected chi connectivity index (χ2v) is 5.69. The van der Waals surface area contributed by atoms with Crippen molar-refractivity contribution in [3.63, 3.8) is 0 Å². The molecule has 1 saturated heterocycles. The van der Waals surface area contributed by atoms with Crippen molar-refractivity contribution >= 4 is 5.91 Å². The summed E-state index contributed by atoms with van der Waals surface area (Å²) >= 11 is 0. The molecule has 0 bridgehead atoms. The first-order valence-corrected chi connectivity index (χ1v) is 7.04. The lowest BCUT2D eigenvalue weighted by atomic mass is 10.1. The summed E-state index contributed by atoms with van der Waals surface area (Å²) in [6.45, 7) is 4.70. The fourth-order valence-electron chi connectivity index (χ4n) is 2.35. The lowest BCUT2D eigenvalue weighted by Gasteiger charge is -2.26. The predicted octanol–water partition coefficient (Wildman–Crippen LogP) is 1.93. The van der Waals surface area contributed by atoms with Crippen LogP contribution >= 0.6 is 0 Å². The van der Waals surface area contributed by atoms with E-state index < -0.39 is 17.7 Å². The van der Waals surface area contributed by atoms with E-state index in [-0.39, 0.29) is 23.6 Å². The van der Waals surface area contributed by atoms with E-state index in [2.05, 4.69) is 0 Å². The van der Waals surface area contributed by atoms with Gasteiger partial charge in [0.1, 0.15) is 5.82 Å². The van der Waals surface area contributed by atoms with Gasteiger partial charge in [-0.15, -0.1) is 0 Å². The van der Waals surface area contributed by atoms with E-state index in [0.717, 1.165) is 18.6 Å². The smallest absolute Gasteiger partial charge is 0.263 e. The number of likely N-dealkylation sites (tertiary alicyclic amines) is 1. The normalized spacial score (nSPS) is 19.9. The third-order valence-corrected chi connectivity index (χ3v) is 3.53. The average molecular weight is 298 g/mol. The Balaban J connectivity index is 2.13. The van der Waals surface area contributed by atoms with Gasteiger partial charge in [0.15, 0.2) is 17.7 Å². The van der Waals surface area contributed by atoms with Gasteiger partial charge in [-0.05, 0) is 24.5 Å². The van der Waals surface area contributed by atoms with E-state index in [1.54, 1.807) is 4.90 Å². The Morgan fingerprint density at radius 1 is 1.43 bits per heavy atom. The highest BCUT2D eigenvalue weighted by molar-refractivity contribution is 5.82. The lowest BCUT2D eigenvalue weighted by molar-refractivity contribution is -0.139. The number of carbonyl (C=O) groups is 1. The molecule has 4 nitrogen and oxygen atoms in total. The van der Waals surface area contributed by atoms with Crippen LogP contribution in [0.25, 0.3) is 0 Å². The van der Waals surface area contributed by atoms with Crippen molar-refractivity contribution in [1.82, 2.24) is 4.90 Å². The summed E-state index contributed by atoms with van der Waals surface area (Å²) in [5.41, 5.74) is 5.80. The quantitative estimate of drug-likeness (QED) is 0.924. The maximum atomic E-state index is 13.7. The van der Waals surface area contributed by atoms with E-state index >= 15 is 0 Å². The minimum atomic E-state index is -0.813. The molecule has 116 valence electrons. The topological polar surface area (TPSA) is 55.6 Å². The first kappa shape index (κ1) is 15.7. The Labute approximate surface area is 122 Å². The lowest BCUT2D eigenvalue weighted by Crippen LogP contribution is -2.44. The number of ether oxygens (including phenoxy) is 1. The average Bonchev–Trinajstić information content (AvgIpc) is 2.83. The molecule has 21 heavy (non-hydrogen) atoms. The van der Waals surface area contributed by atoms with Crippen molar-refractivity contribution in [2.75, 3.05) is 13.1 Å². The highest BCUT2D eigenvalue weighted by atomic mass is 19.1. The van der Waals surface area contributed by atoms with Crippen LogP contribution in [0.4, 0.5) is 8.78 Å². The van der Waals surface area contributed by atoms with Crippen LogP contribution in [-0.4, -0.2) is 36.0 Å². The van der Waals surface area contributed by atoms with Gasteiger partial charge in [-0.3, -0.25) is 4.79 Å². The Morgan fingerprint density at radius 3 is 2.67 bits per heavy atom. The minimum Gasteiger partial charge on any atom is -0.477 e. The number of halogens is 2. The molecular weight excluding hydrogens is 278 g/mol. The van der Waals surface area contributed by atoms with E-state index in [1.165, 1.54) is 6.07 Å². The molecular formula is C15H20F2N2O2. The van der Waals surface area contributed by atoms with E-state index in [1.807, 2.05) is 13.8 Å². The zero-order valence-electron chi connectivity index (χ0n) is 12.2. The molecule has 1 aromatic carbocycles. The van der Waals surface area contributed by atoms with E-state index in [4.69, 9.17) is 10.5 Å². The number of carbonyl (C=O) groups excluding carboxylic acids is 1. The molecule has 1 amide bonds. The Bertz CT molecular complexity index is 522. The molecule has 0 radical (unpaired) electrons. The van der Waals surface area contributed by atoms with Gasteiger partial charge in [0.05, 0.1) is 0 Å². The second-order valence-electron chi connectivity index (χ2n) is 5.69. The SMILES string of the molecule is CC(C)[C@H](Oc1ccc(F)cc1F)C(=O)N1CC[C@@H](N)C1. The summed E-state index contributed by atoms with van der Waals surface area (Å²) in [6, 6.07) is 3.02. The second kappa shape index (κ2) is 6.39. The fraction of sp³-hybridized carbons (Fsp3) is 0.533. The third kappa shape index (κ3) is 3.69. The van der Waals surface area contributed by atoms with Crippen LogP contribution in [0.5, 0.6) is 5.75 Å². The Kier molecular flexibility index (Phi) is 4.77. The monoisotopic (exact) mass is 298 g/mol. The fourth-order valence-corrected chi connectivity index (χ4v) is 2.35. The summed E-state index contributed by atoms with van der Waals surface area (Å²) in [6.07, 6.45) is -0.0585. The Hall–Kier alpha value is -1.69. The van der Waals surface area contributed by atoms with Crippen molar-refractivity contribution in [3.8, 4) is 5.75 Å². The van der Waals surface area contributed by atoms with Crippen LogP contribution in [0.3, 0.4) is 0 Å². The zero-order valence-corrected chi connectivity index (χ0v) is 12.2. The predicted molar refractivity (Wildman–Crippen MR) is 74.8 cm³/mol. The molecule has 2 N–H and O–H groups in total. The van der Waals surface area contributed by atoms with Gasteiger partial charge >= 0.3 is 0 Å². The largest absolute Gasteiger partial charge is 0.477 e. The molecule has 0 aromatic heterocycles. The molecule has 0 unspecified atom stereocenters. The maximum absolute atomic E-state index is 13.7. The highest BCUT2D eigenvalue weighted by Crippen LogP contribution is 2.23. The molecule has 1 aliphatic heterocycles. The standard InChI is InChI=1S/C15H20F2N2O2/c1-9(2)14(15(20)19-6-5-11(18)8-19)21-13-4-3-10(16)7-12(13)17/h3-4,7,9,11,14H,5-6,8,18H2,1-2H3/t11-,14+/m1/s1. The van der Waals surface area contributed by atoms with Gasteiger partial charge in [-0.1, -0.05) is 13.8 Å². The van der Waals surface area contributed by atoms with Crippen LogP contribution in [-0.2, 0) is 4.79 Å². The van der Waals surface area contributed by atoms with Crippen molar-refractivity contribution in [3.05, 3.63) is 29.8 Å². The van der Waals surface area contributed by atoms with Gasteiger partial charge in [0.2, 0.25) is 0 Å². The number of rotatable bonds is 4. The van der Waals surface area contributed by atoms with Crippen molar-refractivity contribution in [2.24, 2.45) is 11.7 Å². The highest BCUT2D eigenvalue weighted by Gasteiger charge is 2.33. The molecule has 0 saturated carbocycles. The van der Waals surface area contributed by atoms with Crippen LogP contribution in [0.1, 0.15) is 20.3 Å². The van der Waals surface area contributed by atoms with Crippen LogP contribution in [0, 0.1) is 17.6 Å². The van der Waals surface area contributed by atoms with Gasteiger partial charge in [0, 0.05) is 25.2 Å². The summed E-state index contributed by atoms with van der Waals surface area (Å²) < 4.78 is 32.1. The molecule has 1 aromatic rings. The first-order valence-electron chi connectivity index (χ1n) is 7.04. The van der Waals surface area contributed by atoms with Gasteiger partial charge in [-0.2, -0.15) is 0 Å². The molecule has 6 heteroatoms. The van der Waals surface area contributed by atoms with Gasteiger partial charge in [-0.25, -0.2) is 8.78 Å². The number of nitrogens with zero attached hydrogens (tertiary/aromatic N) is 1. The molecule has 2 atom stereocenters. The first-order chi connectivity index (χ1) is 9.88. The number of hydrogen-bond acceptors (Lipinski definition) is 3. The van der Waals surface area contributed by atoms with Crippen molar-refractivity contribution in [1.29, 1.82) is 0 Å². The molecule has 0 aliphatic carbocycles. The summed E-state index contributed by atoms with van der Waals surface area (Å²) in [4.78, 5) is 14.1. The van der Waals surface area contributed by atoms with Gasteiger partial charge in [0.25, 0.3) is 5.91 Å². The van der Waals surface area contributed by atoms with Crippen LogP contribution < -0.4 is 10.5 Å². The summed E-state index contributed by atoms with van der Waals surface area (Å²) in [5.74, 6) is -1.96. The van der Waals surface area contributed by atoms with E-state index in [0.29, 0.717) is 13.1 Å². The summed E-state index contributed by atoms with van der Waals surface area (Å²) in [5, 5.41) is 0. The number of benzene rings is 1. The molecule has 2 rings (SSSR count).